The van der Waals surface area contributed by atoms with Crippen molar-refractivity contribution in [3.8, 4) is 0 Å². The number of ether oxygens (including phenoxy) is 1. The van der Waals surface area contributed by atoms with Crippen molar-refractivity contribution in [2.45, 2.75) is 33.8 Å². The highest BCUT2D eigenvalue weighted by Gasteiger charge is 2.09. The summed E-state index contributed by atoms with van der Waals surface area (Å²) in [5.74, 6) is 2.53. The molecule has 96 valence electrons. The summed E-state index contributed by atoms with van der Waals surface area (Å²) in [6, 6.07) is 0. The summed E-state index contributed by atoms with van der Waals surface area (Å²) >= 11 is 0. The Bertz CT molecular complexity index is 368. The zero-order valence-corrected chi connectivity index (χ0v) is 11.3. The van der Waals surface area contributed by atoms with Crippen LogP contribution in [0.1, 0.15) is 25.2 Å². The lowest BCUT2D eigenvalue weighted by Crippen LogP contribution is -2.20. The average molecular weight is 238 g/mol. The van der Waals surface area contributed by atoms with Crippen LogP contribution in [0.3, 0.4) is 0 Å². The second kappa shape index (κ2) is 6.39. The molecule has 17 heavy (non-hydrogen) atoms. The molecule has 1 unspecified atom stereocenters. The fourth-order valence-corrected chi connectivity index (χ4v) is 1.46. The average Bonchev–Trinajstić information content (AvgIpc) is 2.31. The van der Waals surface area contributed by atoms with E-state index in [-0.39, 0.29) is 6.10 Å². The van der Waals surface area contributed by atoms with Gasteiger partial charge in [-0.15, -0.1) is 0 Å². The van der Waals surface area contributed by atoms with E-state index in [2.05, 4.69) is 27.5 Å². The second-order valence-electron chi connectivity index (χ2n) is 4.05. The Hall–Kier alpha value is -1.36. The molecular formula is C12H22N4O. The van der Waals surface area contributed by atoms with Crippen LogP contribution in [0.2, 0.25) is 0 Å². The standard InChI is InChI=1S/C12H22N4O/c1-6-13-11-9(3)12(16-10(4)15-11)14-7-8(2)17-5/h8H,6-7H2,1-5H3,(H2,13,14,15,16). The summed E-state index contributed by atoms with van der Waals surface area (Å²) < 4.78 is 5.20. The van der Waals surface area contributed by atoms with Gasteiger partial charge in [-0.3, -0.25) is 0 Å². The predicted octanol–water partition coefficient (Wildman–Crippen LogP) is 1.97. The van der Waals surface area contributed by atoms with Crippen molar-refractivity contribution in [1.29, 1.82) is 0 Å². The molecule has 0 amide bonds. The largest absolute Gasteiger partial charge is 0.380 e. The van der Waals surface area contributed by atoms with Gasteiger partial charge in [-0.1, -0.05) is 0 Å². The first-order valence-electron chi connectivity index (χ1n) is 5.94. The summed E-state index contributed by atoms with van der Waals surface area (Å²) in [6.45, 7) is 9.56. The van der Waals surface area contributed by atoms with Crippen molar-refractivity contribution in [3.05, 3.63) is 11.4 Å². The number of hydrogen-bond acceptors (Lipinski definition) is 5. The molecule has 1 heterocycles. The normalized spacial score (nSPS) is 12.3. The van der Waals surface area contributed by atoms with Crippen LogP contribution in [0.4, 0.5) is 11.6 Å². The summed E-state index contributed by atoms with van der Waals surface area (Å²) in [7, 11) is 1.70. The number of rotatable bonds is 6. The van der Waals surface area contributed by atoms with E-state index in [0.717, 1.165) is 36.1 Å². The monoisotopic (exact) mass is 238 g/mol. The molecule has 0 fully saturated rings. The molecule has 1 aromatic heterocycles. The molecule has 0 aliphatic carbocycles. The molecule has 0 bridgehead atoms. The highest BCUT2D eigenvalue weighted by atomic mass is 16.5. The molecule has 1 aromatic rings. The van der Waals surface area contributed by atoms with Crippen LogP contribution >= 0.6 is 0 Å². The molecule has 0 spiro atoms. The number of nitrogens with one attached hydrogen (secondary N) is 2. The quantitative estimate of drug-likeness (QED) is 0.793. The third-order valence-corrected chi connectivity index (χ3v) is 2.56. The number of hydrogen-bond donors (Lipinski definition) is 2. The van der Waals surface area contributed by atoms with Crippen molar-refractivity contribution in [2.75, 3.05) is 30.8 Å². The number of aromatic nitrogens is 2. The van der Waals surface area contributed by atoms with Crippen LogP contribution in [-0.4, -0.2) is 36.3 Å². The van der Waals surface area contributed by atoms with Gasteiger partial charge in [0.1, 0.15) is 17.5 Å². The van der Waals surface area contributed by atoms with Crippen LogP contribution in [0.25, 0.3) is 0 Å². The summed E-state index contributed by atoms with van der Waals surface area (Å²) in [4.78, 5) is 8.78. The van der Waals surface area contributed by atoms with E-state index in [1.54, 1.807) is 7.11 Å². The molecule has 0 radical (unpaired) electrons. The lowest BCUT2D eigenvalue weighted by atomic mass is 10.3. The molecule has 2 N–H and O–H groups in total. The Kier molecular flexibility index (Phi) is 5.15. The summed E-state index contributed by atoms with van der Waals surface area (Å²) in [6.07, 6.45) is 0.159. The van der Waals surface area contributed by atoms with Crippen molar-refractivity contribution in [1.82, 2.24) is 9.97 Å². The van der Waals surface area contributed by atoms with E-state index in [1.165, 1.54) is 0 Å². The SMILES string of the molecule is CCNc1nc(C)nc(NCC(C)OC)c1C. The first-order chi connectivity index (χ1) is 8.08. The van der Waals surface area contributed by atoms with Crippen LogP contribution in [0.15, 0.2) is 0 Å². The van der Waals surface area contributed by atoms with Gasteiger partial charge in [-0.2, -0.15) is 0 Å². The van der Waals surface area contributed by atoms with Gasteiger partial charge in [0.05, 0.1) is 6.10 Å². The van der Waals surface area contributed by atoms with Gasteiger partial charge in [0, 0.05) is 25.8 Å². The molecule has 0 saturated heterocycles. The van der Waals surface area contributed by atoms with Crippen molar-refractivity contribution < 1.29 is 4.74 Å². The molecule has 5 nitrogen and oxygen atoms in total. The van der Waals surface area contributed by atoms with E-state index >= 15 is 0 Å². The highest BCUT2D eigenvalue weighted by Crippen LogP contribution is 2.19. The Morgan fingerprint density at radius 1 is 1.18 bits per heavy atom. The zero-order valence-electron chi connectivity index (χ0n) is 11.3. The maximum absolute atomic E-state index is 5.20. The number of nitrogens with zero attached hydrogens (tertiary/aromatic N) is 2. The Balaban J connectivity index is 2.83. The van der Waals surface area contributed by atoms with Crippen LogP contribution in [0.5, 0.6) is 0 Å². The summed E-state index contributed by atoms with van der Waals surface area (Å²) in [5.41, 5.74) is 1.04. The van der Waals surface area contributed by atoms with E-state index in [0.29, 0.717) is 0 Å². The minimum atomic E-state index is 0.159. The van der Waals surface area contributed by atoms with E-state index in [1.807, 2.05) is 20.8 Å². The topological polar surface area (TPSA) is 59.1 Å². The Labute approximate surface area is 103 Å². The van der Waals surface area contributed by atoms with E-state index in [9.17, 15) is 0 Å². The van der Waals surface area contributed by atoms with Gasteiger partial charge in [0.2, 0.25) is 0 Å². The Morgan fingerprint density at radius 3 is 2.29 bits per heavy atom. The van der Waals surface area contributed by atoms with Gasteiger partial charge >= 0.3 is 0 Å². The van der Waals surface area contributed by atoms with E-state index in [4.69, 9.17) is 4.74 Å². The van der Waals surface area contributed by atoms with Gasteiger partial charge in [0.25, 0.3) is 0 Å². The minimum Gasteiger partial charge on any atom is -0.380 e. The molecule has 5 heteroatoms. The molecule has 1 rings (SSSR count). The lowest BCUT2D eigenvalue weighted by molar-refractivity contribution is 0.128. The Morgan fingerprint density at radius 2 is 1.76 bits per heavy atom. The molecule has 1 atom stereocenters. The number of anilines is 2. The minimum absolute atomic E-state index is 0.159. The van der Waals surface area contributed by atoms with Gasteiger partial charge in [0.15, 0.2) is 0 Å². The van der Waals surface area contributed by atoms with Crippen LogP contribution in [-0.2, 0) is 4.74 Å². The third kappa shape index (κ3) is 3.85. The summed E-state index contributed by atoms with van der Waals surface area (Å²) in [5, 5.41) is 6.52. The van der Waals surface area contributed by atoms with E-state index < -0.39 is 0 Å². The predicted molar refractivity (Wildman–Crippen MR) is 70.6 cm³/mol. The fraction of sp³-hybridized carbons (Fsp3) is 0.667. The highest BCUT2D eigenvalue weighted by molar-refractivity contribution is 5.57. The maximum atomic E-state index is 5.20. The zero-order chi connectivity index (χ0) is 12.8. The molecule has 0 saturated carbocycles. The number of methoxy groups -OCH3 is 1. The second-order valence-corrected chi connectivity index (χ2v) is 4.05. The fourth-order valence-electron chi connectivity index (χ4n) is 1.46. The first-order valence-corrected chi connectivity index (χ1v) is 5.94. The van der Waals surface area contributed by atoms with Gasteiger partial charge in [-0.25, -0.2) is 9.97 Å². The third-order valence-electron chi connectivity index (χ3n) is 2.56. The van der Waals surface area contributed by atoms with Crippen molar-refractivity contribution >= 4 is 11.6 Å². The van der Waals surface area contributed by atoms with Crippen LogP contribution < -0.4 is 10.6 Å². The van der Waals surface area contributed by atoms with Gasteiger partial charge < -0.3 is 15.4 Å². The molecule has 0 aliphatic heterocycles. The molecular weight excluding hydrogens is 216 g/mol. The van der Waals surface area contributed by atoms with Gasteiger partial charge in [-0.05, 0) is 27.7 Å². The first kappa shape index (κ1) is 13.7. The maximum Gasteiger partial charge on any atom is 0.134 e. The smallest absolute Gasteiger partial charge is 0.134 e. The molecule has 0 aromatic carbocycles. The number of aryl methyl sites for hydroxylation is 1. The van der Waals surface area contributed by atoms with Crippen molar-refractivity contribution in [3.63, 3.8) is 0 Å². The van der Waals surface area contributed by atoms with Crippen molar-refractivity contribution in [2.24, 2.45) is 0 Å². The van der Waals surface area contributed by atoms with Crippen LogP contribution in [0, 0.1) is 13.8 Å². The lowest BCUT2D eigenvalue weighted by Gasteiger charge is -2.15. The molecule has 0 aliphatic rings.